The van der Waals surface area contributed by atoms with Crippen LogP contribution >= 0.6 is 0 Å². The van der Waals surface area contributed by atoms with Gasteiger partial charge in [0.05, 0.1) is 23.2 Å². The van der Waals surface area contributed by atoms with Crippen LogP contribution in [0.15, 0.2) is 48.5 Å². The molecule has 0 saturated carbocycles. The lowest BCUT2D eigenvalue weighted by molar-refractivity contribution is 0.0505. The highest BCUT2D eigenvalue weighted by Crippen LogP contribution is 2.22. The second-order valence-electron chi connectivity index (χ2n) is 5.70. The first-order valence-electron chi connectivity index (χ1n) is 8.27. The van der Waals surface area contributed by atoms with Gasteiger partial charge in [-0.15, -0.1) is 5.10 Å². The summed E-state index contributed by atoms with van der Waals surface area (Å²) >= 11 is 0. The Morgan fingerprint density at radius 1 is 1.15 bits per heavy atom. The van der Waals surface area contributed by atoms with Crippen molar-refractivity contribution in [2.75, 3.05) is 11.9 Å². The van der Waals surface area contributed by atoms with E-state index in [-0.39, 0.29) is 5.97 Å². The zero-order valence-corrected chi connectivity index (χ0v) is 14.1. The lowest BCUT2D eigenvalue weighted by atomic mass is 10.2. The molecule has 0 saturated heterocycles. The Kier molecular flexibility index (Phi) is 4.14. The summed E-state index contributed by atoms with van der Waals surface area (Å²) in [6, 6.07) is 14.6. The molecule has 0 spiro atoms. The van der Waals surface area contributed by atoms with E-state index in [1.54, 1.807) is 28.8 Å². The highest BCUT2D eigenvalue weighted by molar-refractivity contribution is 5.90. The van der Waals surface area contributed by atoms with Crippen molar-refractivity contribution in [3.63, 3.8) is 0 Å². The number of ether oxygens (including phenoxy) is 1. The molecule has 4 aromatic rings. The molecular formula is C18H16N6O2. The van der Waals surface area contributed by atoms with Crippen LogP contribution in [0.4, 0.5) is 11.5 Å². The predicted octanol–water partition coefficient (Wildman–Crippen LogP) is 2.98. The van der Waals surface area contributed by atoms with Gasteiger partial charge in [-0.05, 0) is 53.2 Å². The lowest BCUT2D eigenvalue weighted by Gasteiger charge is -2.09. The van der Waals surface area contributed by atoms with Crippen molar-refractivity contribution in [1.29, 1.82) is 0 Å². The molecule has 8 nitrogen and oxygen atoms in total. The molecule has 1 N–H and O–H groups in total. The van der Waals surface area contributed by atoms with Crippen molar-refractivity contribution in [1.82, 2.24) is 25.0 Å². The van der Waals surface area contributed by atoms with Crippen molar-refractivity contribution in [2.24, 2.45) is 0 Å². The first kappa shape index (κ1) is 15.9. The molecule has 0 radical (unpaired) electrons. The maximum Gasteiger partial charge on any atom is 0.338 e. The van der Waals surface area contributed by atoms with E-state index in [0.717, 1.165) is 23.1 Å². The van der Waals surface area contributed by atoms with Crippen LogP contribution in [-0.4, -0.2) is 37.6 Å². The Morgan fingerprint density at radius 3 is 2.77 bits per heavy atom. The largest absolute Gasteiger partial charge is 0.462 e. The molecule has 0 unspecified atom stereocenters. The molecule has 2 aromatic heterocycles. The van der Waals surface area contributed by atoms with Gasteiger partial charge in [-0.2, -0.15) is 4.52 Å². The van der Waals surface area contributed by atoms with E-state index in [9.17, 15) is 4.79 Å². The predicted molar refractivity (Wildman–Crippen MR) is 96.4 cm³/mol. The lowest BCUT2D eigenvalue weighted by Crippen LogP contribution is -2.06. The monoisotopic (exact) mass is 348 g/mol. The molecule has 0 aliphatic carbocycles. The molecule has 26 heavy (non-hydrogen) atoms. The number of fused-ring (bicyclic) bond motifs is 3. The van der Waals surface area contributed by atoms with E-state index in [1.165, 1.54) is 0 Å². The second kappa shape index (κ2) is 6.75. The fourth-order valence-corrected chi connectivity index (χ4v) is 2.59. The van der Waals surface area contributed by atoms with Gasteiger partial charge < -0.3 is 10.1 Å². The first-order valence-corrected chi connectivity index (χ1v) is 8.27. The van der Waals surface area contributed by atoms with E-state index in [1.807, 2.05) is 31.2 Å². The average molecular weight is 348 g/mol. The maximum atomic E-state index is 11.9. The fraction of sp³-hybridized carbons (Fsp3) is 0.167. The summed E-state index contributed by atoms with van der Waals surface area (Å²) in [5.41, 5.74) is 3.39. The fourth-order valence-electron chi connectivity index (χ4n) is 2.59. The van der Waals surface area contributed by atoms with Crippen molar-refractivity contribution < 1.29 is 9.53 Å². The van der Waals surface area contributed by atoms with Crippen LogP contribution in [0, 0.1) is 0 Å². The molecule has 0 atom stereocenters. The van der Waals surface area contributed by atoms with Crippen molar-refractivity contribution in [3.8, 4) is 0 Å². The molecular weight excluding hydrogens is 332 g/mol. The first-order chi connectivity index (χ1) is 12.8. The molecule has 4 rings (SSSR count). The summed E-state index contributed by atoms with van der Waals surface area (Å²) in [6.45, 7) is 2.37. The Morgan fingerprint density at radius 2 is 1.96 bits per heavy atom. The van der Waals surface area contributed by atoms with E-state index in [4.69, 9.17) is 4.74 Å². The van der Waals surface area contributed by atoms with Gasteiger partial charge in [0.15, 0.2) is 5.82 Å². The number of carbonyl (C=O) groups excluding carboxylic acids is 1. The molecule has 2 aromatic carbocycles. The number of aromatic nitrogens is 5. The van der Waals surface area contributed by atoms with Crippen molar-refractivity contribution in [2.45, 2.75) is 13.3 Å². The Hall–Kier alpha value is -3.55. The number of hydrogen-bond donors (Lipinski definition) is 1. The third kappa shape index (κ3) is 2.92. The molecule has 2 heterocycles. The van der Waals surface area contributed by atoms with Crippen LogP contribution in [0.25, 0.3) is 16.7 Å². The van der Waals surface area contributed by atoms with Gasteiger partial charge in [-0.25, -0.2) is 9.78 Å². The van der Waals surface area contributed by atoms with Crippen LogP contribution in [0.5, 0.6) is 0 Å². The van der Waals surface area contributed by atoms with Crippen LogP contribution in [0.2, 0.25) is 0 Å². The Bertz CT molecular complexity index is 1070. The van der Waals surface area contributed by atoms with Gasteiger partial charge in [0.2, 0.25) is 5.65 Å². The topological polar surface area (TPSA) is 94.3 Å². The van der Waals surface area contributed by atoms with Gasteiger partial charge in [0, 0.05) is 5.69 Å². The number of para-hydroxylation sites is 2. The zero-order chi connectivity index (χ0) is 17.9. The smallest absolute Gasteiger partial charge is 0.338 e. The van der Waals surface area contributed by atoms with Crippen LogP contribution in [0.3, 0.4) is 0 Å². The molecule has 130 valence electrons. The Balaban J connectivity index is 1.64. The summed E-state index contributed by atoms with van der Waals surface area (Å²) in [5, 5.41) is 15.0. The minimum Gasteiger partial charge on any atom is -0.462 e. The number of hydrogen-bond acceptors (Lipinski definition) is 7. The van der Waals surface area contributed by atoms with Crippen LogP contribution < -0.4 is 5.32 Å². The van der Waals surface area contributed by atoms with Gasteiger partial charge in [0.1, 0.15) is 0 Å². The molecule has 0 fully saturated rings. The number of nitrogens with zero attached hydrogens (tertiary/aromatic N) is 5. The summed E-state index contributed by atoms with van der Waals surface area (Å²) in [4.78, 5) is 16.5. The minimum absolute atomic E-state index is 0.328. The van der Waals surface area contributed by atoms with Gasteiger partial charge in [-0.1, -0.05) is 19.1 Å². The number of carbonyl (C=O) groups is 1. The standard InChI is InChI=1S/C18H16N6O2/c1-2-11-26-18(25)12-7-9-13(10-8-12)19-16-17-21-22-23-24(17)15-6-4-3-5-14(15)20-16/h3-10H,2,11H2,1H3,(H,19,20). The molecule has 8 heteroatoms. The summed E-state index contributed by atoms with van der Waals surface area (Å²) < 4.78 is 6.77. The number of benzene rings is 2. The van der Waals surface area contributed by atoms with Crippen molar-refractivity contribution in [3.05, 3.63) is 54.1 Å². The highest BCUT2D eigenvalue weighted by atomic mass is 16.5. The second-order valence-corrected chi connectivity index (χ2v) is 5.70. The van der Waals surface area contributed by atoms with Gasteiger partial charge in [0.25, 0.3) is 0 Å². The van der Waals surface area contributed by atoms with Crippen LogP contribution in [-0.2, 0) is 4.74 Å². The summed E-state index contributed by atoms with van der Waals surface area (Å²) in [5.74, 6) is 0.210. The molecule has 0 aliphatic heterocycles. The number of tetrazole rings is 1. The SMILES string of the molecule is CCCOC(=O)c1ccc(Nc2nc3ccccc3n3nnnc23)cc1. The van der Waals surface area contributed by atoms with Crippen LogP contribution in [0.1, 0.15) is 23.7 Å². The average Bonchev–Trinajstić information content (AvgIpc) is 3.17. The zero-order valence-electron chi connectivity index (χ0n) is 14.1. The van der Waals surface area contributed by atoms with Gasteiger partial charge >= 0.3 is 5.97 Å². The number of rotatable bonds is 5. The Labute approximate surface area is 148 Å². The summed E-state index contributed by atoms with van der Waals surface area (Å²) in [6.07, 6.45) is 0.793. The van der Waals surface area contributed by atoms with Gasteiger partial charge in [-0.3, -0.25) is 0 Å². The quantitative estimate of drug-likeness (QED) is 0.554. The number of anilines is 2. The summed E-state index contributed by atoms with van der Waals surface area (Å²) in [7, 11) is 0. The minimum atomic E-state index is -0.328. The van der Waals surface area contributed by atoms with E-state index in [0.29, 0.717) is 23.6 Å². The third-order valence-electron chi connectivity index (χ3n) is 3.84. The van der Waals surface area contributed by atoms with E-state index < -0.39 is 0 Å². The number of esters is 1. The molecule has 0 aliphatic rings. The van der Waals surface area contributed by atoms with E-state index >= 15 is 0 Å². The highest BCUT2D eigenvalue weighted by Gasteiger charge is 2.12. The molecule has 0 amide bonds. The number of nitrogens with one attached hydrogen (secondary N) is 1. The molecule has 0 bridgehead atoms. The normalized spacial score (nSPS) is 11.0. The maximum absolute atomic E-state index is 11.9. The van der Waals surface area contributed by atoms with E-state index in [2.05, 4.69) is 25.8 Å². The van der Waals surface area contributed by atoms with Crippen molar-refractivity contribution >= 4 is 34.2 Å². The third-order valence-corrected chi connectivity index (χ3v) is 3.84.